The predicted molar refractivity (Wildman–Crippen MR) is 82.6 cm³/mol. The SMILES string of the molecule is COc1ccc2c(c1)CN(C)CC2c1ccc(Cl)cc1. The van der Waals surface area contributed by atoms with Crippen LogP contribution in [-0.4, -0.2) is 25.6 Å². The van der Waals surface area contributed by atoms with Crippen molar-refractivity contribution in [2.24, 2.45) is 0 Å². The molecule has 0 aliphatic carbocycles. The second kappa shape index (κ2) is 5.47. The Bertz CT molecular complexity index is 609. The molecule has 0 saturated carbocycles. The summed E-state index contributed by atoms with van der Waals surface area (Å²) in [5, 5.41) is 0.785. The third-order valence-electron chi connectivity index (χ3n) is 3.93. The van der Waals surface area contributed by atoms with Crippen LogP contribution in [0.4, 0.5) is 0 Å². The summed E-state index contributed by atoms with van der Waals surface area (Å²) < 4.78 is 5.34. The molecule has 0 bridgehead atoms. The van der Waals surface area contributed by atoms with E-state index in [0.29, 0.717) is 5.92 Å². The summed E-state index contributed by atoms with van der Waals surface area (Å²) in [5.74, 6) is 1.32. The Morgan fingerprint density at radius 3 is 2.60 bits per heavy atom. The zero-order valence-corrected chi connectivity index (χ0v) is 12.5. The molecule has 3 rings (SSSR count). The van der Waals surface area contributed by atoms with Gasteiger partial charge in [-0.05, 0) is 48.0 Å². The van der Waals surface area contributed by atoms with Crippen LogP contribution >= 0.6 is 11.6 Å². The predicted octanol–water partition coefficient (Wildman–Crippen LogP) is 3.93. The van der Waals surface area contributed by atoms with E-state index >= 15 is 0 Å². The number of nitrogens with zero attached hydrogens (tertiary/aromatic N) is 1. The summed E-state index contributed by atoms with van der Waals surface area (Å²) in [4.78, 5) is 2.35. The summed E-state index contributed by atoms with van der Waals surface area (Å²) in [5.41, 5.74) is 4.05. The first kappa shape index (κ1) is 13.5. The lowest BCUT2D eigenvalue weighted by Gasteiger charge is -2.32. The van der Waals surface area contributed by atoms with E-state index in [1.807, 2.05) is 18.2 Å². The molecule has 1 aliphatic rings. The summed E-state index contributed by atoms with van der Waals surface area (Å²) in [6.07, 6.45) is 0. The maximum absolute atomic E-state index is 5.99. The highest BCUT2D eigenvalue weighted by molar-refractivity contribution is 6.30. The molecule has 20 heavy (non-hydrogen) atoms. The van der Waals surface area contributed by atoms with Gasteiger partial charge in [0.2, 0.25) is 0 Å². The van der Waals surface area contributed by atoms with Gasteiger partial charge in [0.25, 0.3) is 0 Å². The van der Waals surface area contributed by atoms with Crippen LogP contribution in [0.25, 0.3) is 0 Å². The van der Waals surface area contributed by atoms with Gasteiger partial charge in [0.15, 0.2) is 0 Å². The van der Waals surface area contributed by atoms with Gasteiger partial charge in [-0.3, -0.25) is 0 Å². The molecule has 2 aromatic rings. The Kier molecular flexibility index (Phi) is 3.68. The van der Waals surface area contributed by atoms with E-state index in [2.05, 4.69) is 36.2 Å². The highest BCUT2D eigenvalue weighted by Crippen LogP contribution is 2.35. The number of hydrogen-bond donors (Lipinski definition) is 0. The van der Waals surface area contributed by atoms with Crippen molar-refractivity contribution in [3.05, 3.63) is 64.2 Å². The maximum atomic E-state index is 5.99. The summed E-state index contributed by atoms with van der Waals surface area (Å²) >= 11 is 5.99. The molecule has 1 heterocycles. The third kappa shape index (κ3) is 2.54. The largest absolute Gasteiger partial charge is 0.497 e. The molecule has 0 fully saturated rings. The molecule has 2 aromatic carbocycles. The second-order valence-electron chi connectivity index (χ2n) is 5.37. The number of fused-ring (bicyclic) bond motifs is 1. The molecular formula is C17H18ClNO. The summed E-state index contributed by atoms with van der Waals surface area (Å²) in [7, 11) is 3.87. The van der Waals surface area contributed by atoms with Crippen LogP contribution in [0.15, 0.2) is 42.5 Å². The summed E-state index contributed by atoms with van der Waals surface area (Å²) in [6, 6.07) is 14.6. The monoisotopic (exact) mass is 287 g/mol. The highest BCUT2D eigenvalue weighted by atomic mass is 35.5. The number of hydrogen-bond acceptors (Lipinski definition) is 2. The summed E-state index contributed by atoms with van der Waals surface area (Å²) in [6.45, 7) is 2.00. The fourth-order valence-corrected chi connectivity index (χ4v) is 3.06. The number of ether oxygens (including phenoxy) is 1. The molecule has 0 aromatic heterocycles. The van der Waals surface area contributed by atoms with E-state index in [9.17, 15) is 0 Å². The highest BCUT2D eigenvalue weighted by Gasteiger charge is 2.24. The van der Waals surface area contributed by atoms with Gasteiger partial charge >= 0.3 is 0 Å². The molecule has 0 saturated heterocycles. The number of likely N-dealkylation sites (N-methyl/N-ethyl adjacent to an activating group) is 1. The molecule has 0 radical (unpaired) electrons. The lowest BCUT2D eigenvalue weighted by molar-refractivity contribution is 0.294. The van der Waals surface area contributed by atoms with Gasteiger partial charge in [-0.2, -0.15) is 0 Å². The molecule has 0 spiro atoms. The fraction of sp³-hybridized carbons (Fsp3) is 0.294. The average Bonchev–Trinajstić information content (AvgIpc) is 2.46. The number of halogens is 1. The molecular weight excluding hydrogens is 270 g/mol. The normalized spacial score (nSPS) is 18.6. The third-order valence-corrected chi connectivity index (χ3v) is 4.18. The molecule has 1 aliphatic heterocycles. The smallest absolute Gasteiger partial charge is 0.119 e. The Morgan fingerprint density at radius 2 is 1.90 bits per heavy atom. The minimum absolute atomic E-state index is 0.395. The van der Waals surface area contributed by atoms with Crippen LogP contribution in [0, 0.1) is 0 Å². The van der Waals surface area contributed by atoms with Gasteiger partial charge in [-0.15, -0.1) is 0 Å². The van der Waals surface area contributed by atoms with Crippen LogP contribution in [0.2, 0.25) is 5.02 Å². The van der Waals surface area contributed by atoms with Crippen molar-refractivity contribution >= 4 is 11.6 Å². The zero-order valence-electron chi connectivity index (χ0n) is 11.8. The Hall–Kier alpha value is -1.51. The Morgan fingerprint density at radius 1 is 1.15 bits per heavy atom. The molecule has 3 heteroatoms. The molecule has 2 nitrogen and oxygen atoms in total. The number of methoxy groups -OCH3 is 1. The number of rotatable bonds is 2. The van der Waals surface area contributed by atoms with Gasteiger partial charge < -0.3 is 9.64 Å². The zero-order chi connectivity index (χ0) is 14.1. The van der Waals surface area contributed by atoms with Crippen molar-refractivity contribution in [1.82, 2.24) is 4.90 Å². The van der Waals surface area contributed by atoms with Gasteiger partial charge in [-0.25, -0.2) is 0 Å². The van der Waals surface area contributed by atoms with Gasteiger partial charge in [0.1, 0.15) is 5.75 Å². The molecule has 1 atom stereocenters. The van der Waals surface area contributed by atoms with Gasteiger partial charge in [0.05, 0.1) is 7.11 Å². The molecule has 1 unspecified atom stereocenters. The van der Waals surface area contributed by atoms with E-state index in [-0.39, 0.29) is 0 Å². The van der Waals surface area contributed by atoms with E-state index in [4.69, 9.17) is 16.3 Å². The first-order valence-electron chi connectivity index (χ1n) is 6.78. The molecule has 0 amide bonds. The Labute approximate surface area is 124 Å². The van der Waals surface area contributed by atoms with Gasteiger partial charge in [0, 0.05) is 24.0 Å². The van der Waals surface area contributed by atoms with E-state index in [0.717, 1.165) is 23.9 Å². The lowest BCUT2D eigenvalue weighted by Crippen LogP contribution is -2.30. The quantitative estimate of drug-likeness (QED) is 0.830. The molecule has 0 N–H and O–H groups in total. The first-order chi connectivity index (χ1) is 9.67. The van der Waals surface area contributed by atoms with E-state index < -0.39 is 0 Å². The number of benzene rings is 2. The average molecular weight is 288 g/mol. The van der Waals surface area contributed by atoms with Crippen molar-refractivity contribution < 1.29 is 4.74 Å². The standard InChI is InChI=1S/C17H18ClNO/c1-19-10-13-9-15(20-2)7-8-16(13)17(11-19)12-3-5-14(18)6-4-12/h3-9,17H,10-11H2,1-2H3. The maximum Gasteiger partial charge on any atom is 0.119 e. The van der Waals surface area contributed by atoms with Crippen LogP contribution < -0.4 is 4.74 Å². The van der Waals surface area contributed by atoms with Crippen LogP contribution in [0.1, 0.15) is 22.6 Å². The van der Waals surface area contributed by atoms with Crippen LogP contribution in [0.3, 0.4) is 0 Å². The van der Waals surface area contributed by atoms with Crippen LogP contribution in [-0.2, 0) is 6.54 Å². The fourth-order valence-electron chi connectivity index (χ4n) is 2.93. The van der Waals surface area contributed by atoms with Crippen molar-refractivity contribution in [3.8, 4) is 5.75 Å². The second-order valence-corrected chi connectivity index (χ2v) is 5.80. The van der Waals surface area contributed by atoms with Gasteiger partial charge in [-0.1, -0.05) is 29.8 Å². The Balaban J connectivity index is 2.03. The van der Waals surface area contributed by atoms with Crippen LogP contribution in [0.5, 0.6) is 5.75 Å². The van der Waals surface area contributed by atoms with Crippen molar-refractivity contribution in [2.45, 2.75) is 12.5 Å². The molecule has 104 valence electrons. The lowest BCUT2D eigenvalue weighted by atomic mass is 9.85. The van der Waals surface area contributed by atoms with Crippen molar-refractivity contribution in [3.63, 3.8) is 0 Å². The van der Waals surface area contributed by atoms with E-state index in [1.165, 1.54) is 16.7 Å². The van der Waals surface area contributed by atoms with E-state index in [1.54, 1.807) is 7.11 Å². The van der Waals surface area contributed by atoms with Crippen molar-refractivity contribution in [1.29, 1.82) is 0 Å². The minimum Gasteiger partial charge on any atom is -0.497 e. The minimum atomic E-state index is 0.395. The van der Waals surface area contributed by atoms with Crippen molar-refractivity contribution in [2.75, 3.05) is 20.7 Å². The topological polar surface area (TPSA) is 12.5 Å². The first-order valence-corrected chi connectivity index (χ1v) is 7.16.